The maximum atomic E-state index is 13.0. The molecule has 7 heteroatoms. The van der Waals surface area contributed by atoms with Crippen molar-refractivity contribution in [3.63, 3.8) is 0 Å². The summed E-state index contributed by atoms with van der Waals surface area (Å²) < 4.78 is 0. The van der Waals surface area contributed by atoms with Gasteiger partial charge in [0.15, 0.2) is 0 Å². The molecule has 0 radical (unpaired) electrons. The van der Waals surface area contributed by atoms with Gasteiger partial charge in [0.05, 0.1) is 16.4 Å². The lowest BCUT2D eigenvalue weighted by Crippen LogP contribution is -2.37. The Labute approximate surface area is 200 Å². The zero-order valence-electron chi connectivity index (χ0n) is 19.3. The van der Waals surface area contributed by atoms with E-state index in [1.165, 1.54) is 19.3 Å². The van der Waals surface area contributed by atoms with Crippen molar-refractivity contribution in [2.75, 3.05) is 36.4 Å². The first-order valence-corrected chi connectivity index (χ1v) is 13.0. The molecule has 176 valence electrons. The summed E-state index contributed by atoms with van der Waals surface area (Å²) in [7, 11) is 0. The van der Waals surface area contributed by atoms with Gasteiger partial charge in [-0.25, -0.2) is 4.98 Å². The molecule has 3 heterocycles. The predicted molar refractivity (Wildman–Crippen MR) is 135 cm³/mol. The first kappa shape index (κ1) is 23.5. The highest BCUT2D eigenvalue weighted by atomic mass is 32.1. The standard InChI is InChI=1S/C26H34N4O2S/c1-2-3-5-12-24(31)30-17-13-20(14-18-30)26-28-22(19-33-26)25(32)27-21-10-6-7-11-23(21)29-15-8-4-9-16-29/h2,6-7,10-11,19-20H,1,3-5,8-9,12-18H2,(H,27,32). The Kier molecular flexibility index (Phi) is 8.15. The number of carbonyl (C=O) groups excluding carboxylic acids is 2. The SMILES string of the molecule is C=CCCCC(=O)N1CCC(c2nc(C(=O)Nc3ccccc3N3CCCCC3)cs2)CC1. The summed E-state index contributed by atoms with van der Waals surface area (Å²) in [6.07, 6.45) is 9.67. The maximum absolute atomic E-state index is 13.0. The van der Waals surface area contributed by atoms with Gasteiger partial charge in [-0.05, 0) is 57.1 Å². The minimum atomic E-state index is -0.156. The van der Waals surface area contributed by atoms with Crippen molar-refractivity contribution in [1.82, 2.24) is 9.88 Å². The number of rotatable bonds is 8. The van der Waals surface area contributed by atoms with E-state index in [1.807, 2.05) is 34.6 Å². The van der Waals surface area contributed by atoms with Crippen molar-refractivity contribution in [2.24, 2.45) is 0 Å². The van der Waals surface area contributed by atoms with E-state index in [4.69, 9.17) is 0 Å². The molecule has 2 saturated heterocycles. The van der Waals surface area contributed by atoms with Crippen molar-refractivity contribution >= 4 is 34.5 Å². The van der Waals surface area contributed by atoms with Crippen LogP contribution < -0.4 is 10.2 Å². The monoisotopic (exact) mass is 466 g/mol. The zero-order valence-corrected chi connectivity index (χ0v) is 20.1. The van der Waals surface area contributed by atoms with Crippen LogP contribution in [0.15, 0.2) is 42.3 Å². The summed E-state index contributed by atoms with van der Waals surface area (Å²) >= 11 is 1.56. The Morgan fingerprint density at radius 3 is 2.64 bits per heavy atom. The van der Waals surface area contributed by atoms with Crippen LogP contribution in [0.5, 0.6) is 0 Å². The van der Waals surface area contributed by atoms with Crippen LogP contribution in [0.25, 0.3) is 0 Å². The number of para-hydroxylation sites is 2. The molecule has 1 aromatic carbocycles. The van der Waals surface area contributed by atoms with Crippen LogP contribution in [0.1, 0.15) is 72.8 Å². The second kappa shape index (κ2) is 11.5. The number of aromatic nitrogens is 1. The molecule has 0 spiro atoms. The lowest BCUT2D eigenvalue weighted by atomic mass is 9.97. The van der Waals surface area contributed by atoms with E-state index < -0.39 is 0 Å². The van der Waals surface area contributed by atoms with Crippen LogP contribution in [0, 0.1) is 0 Å². The number of anilines is 2. The average Bonchev–Trinajstić information content (AvgIpc) is 3.36. The molecule has 0 atom stereocenters. The van der Waals surface area contributed by atoms with Gasteiger partial charge in [-0.15, -0.1) is 17.9 Å². The summed E-state index contributed by atoms with van der Waals surface area (Å²) in [6.45, 7) is 7.31. The number of thiazole rings is 1. The van der Waals surface area contributed by atoms with Crippen LogP contribution in [0.2, 0.25) is 0 Å². The van der Waals surface area contributed by atoms with E-state index in [0.29, 0.717) is 18.0 Å². The smallest absolute Gasteiger partial charge is 0.275 e. The van der Waals surface area contributed by atoms with Gasteiger partial charge in [-0.1, -0.05) is 18.2 Å². The number of hydrogen-bond acceptors (Lipinski definition) is 5. The molecule has 2 aliphatic rings. The topological polar surface area (TPSA) is 65.5 Å². The minimum absolute atomic E-state index is 0.156. The summed E-state index contributed by atoms with van der Waals surface area (Å²) in [5.74, 6) is 0.396. The Bertz CT molecular complexity index is 959. The Hall–Kier alpha value is -2.67. The Morgan fingerprint density at radius 2 is 1.88 bits per heavy atom. The summed E-state index contributed by atoms with van der Waals surface area (Å²) in [6, 6.07) is 8.04. The van der Waals surface area contributed by atoms with Crippen molar-refractivity contribution in [3.05, 3.63) is 53.0 Å². The van der Waals surface area contributed by atoms with E-state index in [9.17, 15) is 9.59 Å². The maximum Gasteiger partial charge on any atom is 0.275 e. The van der Waals surface area contributed by atoms with Crippen LogP contribution >= 0.6 is 11.3 Å². The molecule has 1 N–H and O–H groups in total. The molecule has 2 aliphatic heterocycles. The van der Waals surface area contributed by atoms with Gasteiger partial charge in [-0.3, -0.25) is 9.59 Å². The largest absolute Gasteiger partial charge is 0.370 e. The average molecular weight is 467 g/mol. The third kappa shape index (κ3) is 6.02. The summed E-state index contributed by atoms with van der Waals surface area (Å²) in [4.78, 5) is 34.3. The molecule has 0 saturated carbocycles. The number of hydrogen-bond donors (Lipinski definition) is 1. The van der Waals surface area contributed by atoms with Crippen LogP contribution in [0.3, 0.4) is 0 Å². The van der Waals surface area contributed by atoms with E-state index in [-0.39, 0.29) is 11.8 Å². The molecule has 2 aromatic rings. The number of carbonyl (C=O) groups is 2. The molecule has 1 aromatic heterocycles. The van der Waals surface area contributed by atoms with Gasteiger partial charge in [0.1, 0.15) is 5.69 Å². The van der Waals surface area contributed by atoms with Gasteiger partial charge < -0.3 is 15.1 Å². The molecule has 0 aliphatic carbocycles. The minimum Gasteiger partial charge on any atom is -0.370 e. The highest BCUT2D eigenvalue weighted by Crippen LogP contribution is 2.32. The van der Waals surface area contributed by atoms with Gasteiger partial charge in [0, 0.05) is 43.9 Å². The predicted octanol–water partition coefficient (Wildman–Crippen LogP) is 5.45. The van der Waals surface area contributed by atoms with Crippen LogP contribution in [0.4, 0.5) is 11.4 Å². The van der Waals surface area contributed by atoms with Crippen molar-refractivity contribution < 1.29 is 9.59 Å². The van der Waals surface area contributed by atoms with Crippen molar-refractivity contribution in [1.29, 1.82) is 0 Å². The molecular formula is C26H34N4O2S. The fourth-order valence-corrected chi connectivity index (χ4v) is 5.66. The number of nitrogens with zero attached hydrogens (tertiary/aromatic N) is 3. The van der Waals surface area contributed by atoms with E-state index in [1.54, 1.807) is 11.3 Å². The molecule has 2 fully saturated rings. The number of unbranched alkanes of at least 4 members (excludes halogenated alkanes) is 1. The first-order chi connectivity index (χ1) is 16.2. The molecule has 2 amide bonds. The molecular weight excluding hydrogens is 432 g/mol. The van der Waals surface area contributed by atoms with E-state index in [0.717, 1.165) is 68.2 Å². The second-order valence-electron chi connectivity index (χ2n) is 8.93. The van der Waals surface area contributed by atoms with Gasteiger partial charge in [0.2, 0.25) is 5.91 Å². The number of allylic oxidation sites excluding steroid dienone is 1. The third-order valence-electron chi connectivity index (χ3n) is 6.60. The van der Waals surface area contributed by atoms with E-state index >= 15 is 0 Å². The van der Waals surface area contributed by atoms with Crippen molar-refractivity contribution in [3.8, 4) is 0 Å². The lowest BCUT2D eigenvalue weighted by molar-refractivity contribution is -0.132. The molecule has 33 heavy (non-hydrogen) atoms. The highest BCUT2D eigenvalue weighted by Gasteiger charge is 2.26. The van der Waals surface area contributed by atoms with Crippen LogP contribution in [-0.2, 0) is 4.79 Å². The van der Waals surface area contributed by atoms with Crippen LogP contribution in [-0.4, -0.2) is 47.9 Å². The van der Waals surface area contributed by atoms with Gasteiger partial charge in [0.25, 0.3) is 5.91 Å². The Morgan fingerprint density at radius 1 is 1.12 bits per heavy atom. The molecule has 0 bridgehead atoms. The summed E-state index contributed by atoms with van der Waals surface area (Å²) in [5.41, 5.74) is 2.42. The normalized spacial score (nSPS) is 17.1. The number of amides is 2. The molecule has 0 unspecified atom stereocenters. The Balaban J connectivity index is 1.33. The second-order valence-corrected chi connectivity index (χ2v) is 9.82. The van der Waals surface area contributed by atoms with Crippen molar-refractivity contribution in [2.45, 2.75) is 57.3 Å². The third-order valence-corrected chi connectivity index (χ3v) is 7.61. The first-order valence-electron chi connectivity index (χ1n) is 12.1. The number of benzene rings is 1. The van der Waals surface area contributed by atoms with Gasteiger partial charge in [-0.2, -0.15) is 0 Å². The fraction of sp³-hybridized carbons (Fsp3) is 0.500. The molecule has 6 nitrogen and oxygen atoms in total. The number of likely N-dealkylation sites (tertiary alicyclic amines) is 1. The quantitative estimate of drug-likeness (QED) is 0.415. The van der Waals surface area contributed by atoms with Gasteiger partial charge >= 0.3 is 0 Å². The summed E-state index contributed by atoms with van der Waals surface area (Å²) in [5, 5.41) is 5.96. The lowest BCUT2D eigenvalue weighted by Gasteiger charge is -2.31. The fourth-order valence-electron chi connectivity index (χ4n) is 4.69. The highest BCUT2D eigenvalue weighted by molar-refractivity contribution is 7.10. The number of nitrogens with one attached hydrogen (secondary N) is 1. The van der Waals surface area contributed by atoms with E-state index in [2.05, 4.69) is 27.8 Å². The number of piperidine rings is 2. The zero-order chi connectivity index (χ0) is 23.0. The molecule has 4 rings (SSSR count).